The molecule has 27 heavy (non-hydrogen) atoms. The van der Waals surface area contributed by atoms with Gasteiger partial charge in [0, 0.05) is 36.0 Å². The number of unbranched alkanes of at least 4 members (excludes halogenated alkanes) is 9. The van der Waals surface area contributed by atoms with Gasteiger partial charge in [-0.2, -0.15) is 0 Å². The summed E-state index contributed by atoms with van der Waals surface area (Å²) in [7, 11) is -3.41. The normalized spacial score (nSPS) is 22.1. The minimum Gasteiger partial charge on any atom is -0.463 e. The molecule has 0 aromatic heterocycles. The van der Waals surface area contributed by atoms with Gasteiger partial charge in [0.1, 0.15) is 12.7 Å². The molecular weight excluding hydrogens is 374 g/mol. The van der Waals surface area contributed by atoms with Gasteiger partial charge in [-0.25, -0.2) is 0 Å². The van der Waals surface area contributed by atoms with Gasteiger partial charge >= 0.3 is 13.6 Å². The van der Waals surface area contributed by atoms with Gasteiger partial charge in [-0.15, -0.1) is 0 Å². The summed E-state index contributed by atoms with van der Waals surface area (Å²) in [6, 6.07) is 0. The monoisotopic (exact) mass is 411 g/mol. The topological polar surface area (TPSA) is 72.8 Å². The summed E-state index contributed by atoms with van der Waals surface area (Å²) in [5.74, 6) is -0.237. The minimum absolute atomic E-state index is 0. The zero-order valence-corrected chi connectivity index (χ0v) is 20.3. The third-order valence-electron chi connectivity index (χ3n) is 4.62. The first-order valence-corrected chi connectivity index (χ1v) is 12.1. The van der Waals surface area contributed by atoms with E-state index < -0.39 is 13.7 Å². The Morgan fingerprint density at radius 1 is 1.07 bits per heavy atom. The number of hydrogen-bond donors (Lipinski definition) is 1. The molecule has 1 radical (unpaired) electrons. The van der Waals surface area contributed by atoms with E-state index in [0.717, 1.165) is 25.7 Å². The Kier molecular flexibility index (Phi) is 17.5. The first-order chi connectivity index (χ1) is 12.5. The first-order valence-electron chi connectivity index (χ1n) is 10.3. The Morgan fingerprint density at radius 3 is 2.26 bits per heavy atom. The maximum absolute atomic E-state index is 11.6. The van der Waals surface area contributed by atoms with E-state index in [9.17, 15) is 14.3 Å². The van der Waals surface area contributed by atoms with Crippen molar-refractivity contribution in [3.63, 3.8) is 0 Å². The molecule has 1 rings (SSSR count). The zero-order chi connectivity index (χ0) is 19.1. The van der Waals surface area contributed by atoms with Crippen LogP contribution in [0.2, 0.25) is 0 Å². The maximum Gasteiger partial charge on any atom is 0.328 e. The van der Waals surface area contributed by atoms with E-state index in [4.69, 9.17) is 9.26 Å². The fourth-order valence-electron chi connectivity index (χ4n) is 3.00. The van der Waals surface area contributed by atoms with Crippen LogP contribution in [0.25, 0.3) is 0 Å². The molecule has 1 aliphatic heterocycles. The molecule has 0 aromatic rings. The molecule has 0 amide bonds. The third kappa shape index (κ3) is 15.9. The van der Waals surface area contributed by atoms with Crippen molar-refractivity contribution in [3.05, 3.63) is 12.2 Å². The average Bonchev–Trinajstić information content (AvgIpc) is 2.96. The molecule has 1 saturated heterocycles. The largest absolute Gasteiger partial charge is 0.463 e. The van der Waals surface area contributed by atoms with Crippen molar-refractivity contribution in [3.8, 4) is 0 Å². The average molecular weight is 411 g/mol. The Hall–Kier alpha value is 0.360. The summed E-state index contributed by atoms with van der Waals surface area (Å²) in [4.78, 5) is 20.9. The fraction of sp³-hybridized carbons (Fsp3) is 0.850. The van der Waals surface area contributed by atoms with Crippen LogP contribution in [0.3, 0.4) is 0 Å². The van der Waals surface area contributed by atoms with Gasteiger partial charge in [-0.1, -0.05) is 57.6 Å². The molecule has 1 fully saturated rings. The molecular formula is C20H37NaO5P. The van der Waals surface area contributed by atoms with Crippen LogP contribution in [0.15, 0.2) is 12.2 Å². The van der Waals surface area contributed by atoms with E-state index in [-0.39, 0.29) is 48.3 Å². The van der Waals surface area contributed by atoms with Crippen molar-refractivity contribution in [2.24, 2.45) is 0 Å². The molecule has 1 aliphatic rings. The van der Waals surface area contributed by atoms with Crippen LogP contribution in [0, 0.1) is 0 Å². The number of ether oxygens (including phenoxy) is 1. The van der Waals surface area contributed by atoms with Crippen LogP contribution in [0.4, 0.5) is 0 Å². The van der Waals surface area contributed by atoms with Gasteiger partial charge in [0.15, 0.2) is 0 Å². The van der Waals surface area contributed by atoms with Crippen LogP contribution in [-0.2, 0) is 18.6 Å². The van der Waals surface area contributed by atoms with Crippen LogP contribution < -0.4 is 0 Å². The second kappa shape index (κ2) is 17.2. The number of carbonyl (C=O) groups is 1. The molecule has 5 nitrogen and oxygen atoms in total. The van der Waals surface area contributed by atoms with E-state index in [1.165, 1.54) is 44.9 Å². The van der Waals surface area contributed by atoms with Crippen molar-refractivity contribution in [2.45, 2.75) is 96.5 Å². The predicted molar refractivity (Wildman–Crippen MR) is 111 cm³/mol. The maximum atomic E-state index is 11.6. The molecule has 0 aliphatic carbocycles. The SMILES string of the molecule is CCCCCC/C=C\CCCCCCCC(=O)OCC1CCP(=O)(O)O1.[Na]. The van der Waals surface area contributed by atoms with E-state index in [1.54, 1.807) is 0 Å². The third-order valence-corrected chi connectivity index (χ3v) is 6.07. The molecule has 0 saturated carbocycles. The molecule has 2 unspecified atom stereocenters. The van der Waals surface area contributed by atoms with Gasteiger partial charge in [0.25, 0.3) is 0 Å². The van der Waals surface area contributed by atoms with Gasteiger partial charge in [0.05, 0.1) is 6.16 Å². The Labute approximate surface area is 187 Å². The standard InChI is InChI=1S/C20H37O5P.Na/c1-2-3-4-5-6-7-8-9-10-11-12-13-14-15-20(21)24-18-19-16-17-26(22,23)25-19;/h7-8,19H,2-6,9-18H2,1H3,(H,22,23);/b8-7-;. The van der Waals surface area contributed by atoms with Crippen LogP contribution >= 0.6 is 7.60 Å². The zero-order valence-electron chi connectivity index (χ0n) is 17.4. The summed E-state index contributed by atoms with van der Waals surface area (Å²) >= 11 is 0. The number of hydrogen-bond acceptors (Lipinski definition) is 4. The van der Waals surface area contributed by atoms with Crippen molar-refractivity contribution >= 4 is 43.1 Å². The second-order valence-corrected chi connectivity index (χ2v) is 9.12. The molecule has 1 N–H and O–H groups in total. The smallest absolute Gasteiger partial charge is 0.328 e. The fourth-order valence-corrected chi connectivity index (χ4v) is 4.36. The molecule has 0 bridgehead atoms. The van der Waals surface area contributed by atoms with Crippen LogP contribution in [-0.4, -0.2) is 59.3 Å². The molecule has 0 aromatic carbocycles. The predicted octanol–water partition coefficient (Wildman–Crippen LogP) is 5.38. The Balaban J connectivity index is 0.00000676. The quantitative estimate of drug-likeness (QED) is 0.129. The molecule has 7 heteroatoms. The second-order valence-electron chi connectivity index (χ2n) is 7.19. The minimum atomic E-state index is -3.41. The first kappa shape index (κ1) is 27.4. The van der Waals surface area contributed by atoms with E-state index >= 15 is 0 Å². The van der Waals surface area contributed by atoms with E-state index in [2.05, 4.69) is 19.1 Å². The summed E-state index contributed by atoms with van der Waals surface area (Å²) in [5.41, 5.74) is 0. The van der Waals surface area contributed by atoms with Crippen molar-refractivity contribution in [1.29, 1.82) is 0 Å². The van der Waals surface area contributed by atoms with E-state index in [0.29, 0.717) is 12.8 Å². The van der Waals surface area contributed by atoms with Gasteiger partial charge in [-0.3, -0.25) is 9.36 Å². The molecule has 2 atom stereocenters. The summed E-state index contributed by atoms with van der Waals surface area (Å²) in [5, 5.41) is 0. The van der Waals surface area contributed by atoms with Gasteiger partial charge < -0.3 is 14.2 Å². The summed E-state index contributed by atoms with van der Waals surface area (Å²) < 4.78 is 21.3. The molecule has 153 valence electrons. The number of allylic oxidation sites excluding steroid dienone is 2. The number of esters is 1. The molecule has 0 spiro atoms. The van der Waals surface area contributed by atoms with Gasteiger partial charge in [-0.05, 0) is 38.5 Å². The van der Waals surface area contributed by atoms with Crippen molar-refractivity contribution in [1.82, 2.24) is 0 Å². The van der Waals surface area contributed by atoms with E-state index in [1.807, 2.05) is 0 Å². The molecule has 1 heterocycles. The van der Waals surface area contributed by atoms with Crippen LogP contribution in [0.5, 0.6) is 0 Å². The van der Waals surface area contributed by atoms with Crippen molar-refractivity contribution < 1.29 is 23.5 Å². The van der Waals surface area contributed by atoms with Crippen LogP contribution in [0.1, 0.15) is 90.4 Å². The Bertz CT molecular complexity index is 456. The van der Waals surface area contributed by atoms with Gasteiger partial charge in [0.2, 0.25) is 0 Å². The summed E-state index contributed by atoms with van der Waals surface area (Å²) in [6.07, 6.45) is 18.4. The Morgan fingerprint density at radius 2 is 1.67 bits per heavy atom. The van der Waals surface area contributed by atoms with Crippen molar-refractivity contribution in [2.75, 3.05) is 12.8 Å². The summed E-state index contributed by atoms with van der Waals surface area (Å²) in [6.45, 7) is 2.33. The number of rotatable bonds is 15. The number of carbonyl (C=O) groups excluding carboxylic acids is 1.